The molecule has 0 spiro atoms. The molecule has 0 nitrogen and oxygen atoms in total. The summed E-state index contributed by atoms with van der Waals surface area (Å²) in [5, 5.41) is 0. The molecule has 104 valence electrons. The maximum absolute atomic E-state index is 2.40. The summed E-state index contributed by atoms with van der Waals surface area (Å²) in [6, 6.07) is 4.77. The van der Waals surface area contributed by atoms with E-state index in [-0.39, 0.29) is 0 Å². The predicted octanol–water partition coefficient (Wildman–Crippen LogP) is 5.89. The van der Waals surface area contributed by atoms with Crippen LogP contribution in [0, 0.1) is 11.8 Å². The van der Waals surface area contributed by atoms with E-state index in [0.29, 0.717) is 0 Å². The van der Waals surface area contributed by atoms with E-state index in [0.717, 1.165) is 11.8 Å². The second-order valence-corrected chi connectivity index (χ2v) is 9.93. The molecule has 0 aromatic heterocycles. The molecule has 0 aliphatic carbocycles. The summed E-state index contributed by atoms with van der Waals surface area (Å²) in [4.78, 5) is 0. The Kier molecular flexibility index (Phi) is 11.5. The van der Waals surface area contributed by atoms with E-state index in [1.165, 1.54) is 38.5 Å². The highest BCUT2D eigenvalue weighted by atomic mass is 28.3. The van der Waals surface area contributed by atoms with Crippen molar-refractivity contribution in [3.05, 3.63) is 0 Å². The Balaban J connectivity index is 3.60. The lowest BCUT2D eigenvalue weighted by atomic mass is 10.1. The van der Waals surface area contributed by atoms with Crippen LogP contribution >= 0.6 is 0 Å². The van der Waals surface area contributed by atoms with Gasteiger partial charge in [0, 0.05) is 8.80 Å². The molecule has 0 aliphatic rings. The van der Waals surface area contributed by atoms with Gasteiger partial charge in [-0.1, -0.05) is 91.3 Å². The highest BCUT2D eigenvalue weighted by Gasteiger charge is 2.13. The monoisotopic (exact) mass is 256 g/mol. The first kappa shape index (κ1) is 17.2. The Morgan fingerprint density at radius 3 is 1.65 bits per heavy atom. The van der Waals surface area contributed by atoms with E-state index in [4.69, 9.17) is 0 Å². The fourth-order valence-electron chi connectivity index (χ4n) is 2.88. The van der Waals surface area contributed by atoms with Gasteiger partial charge in [-0.25, -0.2) is 0 Å². The average Bonchev–Trinajstić information content (AvgIpc) is 2.21. The SMILES string of the molecule is CCCCCCCC[SiH](CC(C)C)CC(C)C. The molecular weight excluding hydrogens is 220 g/mol. The van der Waals surface area contributed by atoms with Gasteiger partial charge in [-0.2, -0.15) is 0 Å². The quantitative estimate of drug-likeness (QED) is 0.319. The fourth-order valence-corrected chi connectivity index (χ4v) is 7.08. The molecule has 0 rings (SSSR count). The zero-order valence-electron chi connectivity index (χ0n) is 13.1. The second kappa shape index (κ2) is 11.3. The van der Waals surface area contributed by atoms with Crippen LogP contribution in [0.25, 0.3) is 0 Å². The lowest BCUT2D eigenvalue weighted by Crippen LogP contribution is -2.17. The minimum atomic E-state index is -0.408. The first-order valence-corrected chi connectivity index (χ1v) is 10.5. The van der Waals surface area contributed by atoms with Gasteiger partial charge < -0.3 is 0 Å². The molecule has 0 N–H and O–H groups in total. The van der Waals surface area contributed by atoms with Crippen LogP contribution in [0.15, 0.2) is 0 Å². The van der Waals surface area contributed by atoms with Gasteiger partial charge in [0.1, 0.15) is 0 Å². The van der Waals surface area contributed by atoms with Gasteiger partial charge in [-0.15, -0.1) is 0 Å². The van der Waals surface area contributed by atoms with Gasteiger partial charge in [-0.3, -0.25) is 0 Å². The summed E-state index contributed by atoms with van der Waals surface area (Å²) in [5.41, 5.74) is 0. The maximum atomic E-state index is 2.40. The summed E-state index contributed by atoms with van der Waals surface area (Å²) >= 11 is 0. The molecule has 0 aromatic carbocycles. The first-order chi connectivity index (χ1) is 8.06. The number of unbranched alkanes of at least 4 members (excludes halogenated alkanes) is 5. The average molecular weight is 257 g/mol. The molecule has 0 heterocycles. The number of hydrogen-bond donors (Lipinski definition) is 0. The summed E-state index contributed by atoms with van der Waals surface area (Å²) in [6.07, 6.45) is 8.80. The third-order valence-corrected chi connectivity index (χ3v) is 8.02. The maximum Gasteiger partial charge on any atom is 0.0372 e. The van der Waals surface area contributed by atoms with Crippen molar-refractivity contribution in [1.82, 2.24) is 0 Å². The van der Waals surface area contributed by atoms with Gasteiger partial charge in [-0.05, 0) is 11.8 Å². The Bertz CT molecular complexity index is 142. The lowest BCUT2D eigenvalue weighted by molar-refractivity contribution is 0.618. The standard InChI is InChI=1S/C16H36Si/c1-6-7-8-9-10-11-12-17(13-15(2)3)14-16(4)5/h15-17H,6-14H2,1-5H3. The van der Waals surface area contributed by atoms with Gasteiger partial charge >= 0.3 is 0 Å². The third-order valence-electron chi connectivity index (χ3n) is 3.58. The van der Waals surface area contributed by atoms with Crippen molar-refractivity contribution in [1.29, 1.82) is 0 Å². The van der Waals surface area contributed by atoms with Crippen LogP contribution in [-0.4, -0.2) is 8.80 Å². The topological polar surface area (TPSA) is 0 Å². The number of hydrogen-bond acceptors (Lipinski definition) is 0. The van der Waals surface area contributed by atoms with Crippen LogP contribution in [-0.2, 0) is 0 Å². The van der Waals surface area contributed by atoms with Gasteiger partial charge in [0.05, 0.1) is 0 Å². The molecule has 17 heavy (non-hydrogen) atoms. The van der Waals surface area contributed by atoms with Crippen molar-refractivity contribution in [3.63, 3.8) is 0 Å². The van der Waals surface area contributed by atoms with Crippen molar-refractivity contribution in [2.45, 2.75) is 91.3 Å². The second-order valence-electron chi connectivity index (χ2n) is 6.68. The molecule has 0 aliphatic heterocycles. The summed E-state index contributed by atoms with van der Waals surface area (Å²) in [7, 11) is -0.408. The van der Waals surface area contributed by atoms with E-state index in [9.17, 15) is 0 Å². The van der Waals surface area contributed by atoms with Gasteiger partial charge in [0.15, 0.2) is 0 Å². The Morgan fingerprint density at radius 2 is 1.18 bits per heavy atom. The molecule has 0 atom stereocenters. The molecule has 0 aromatic rings. The van der Waals surface area contributed by atoms with Crippen molar-refractivity contribution in [3.8, 4) is 0 Å². The third kappa shape index (κ3) is 12.5. The zero-order chi connectivity index (χ0) is 13.1. The van der Waals surface area contributed by atoms with E-state index in [1.807, 2.05) is 0 Å². The van der Waals surface area contributed by atoms with Crippen LogP contribution in [0.4, 0.5) is 0 Å². The first-order valence-electron chi connectivity index (χ1n) is 8.06. The van der Waals surface area contributed by atoms with E-state index >= 15 is 0 Å². The Hall–Kier alpha value is 0.217. The molecule has 0 radical (unpaired) electrons. The lowest BCUT2D eigenvalue weighted by Gasteiger charge is -2.19. The number of rotatable bonds is 11. The molecule has 0 unspecified atom stereocenters. The van der Waals surface area contributed by atoms with Gasteiger partial charge in [0.25, 0.3) is 0 Å². The van der Waals surface area contributed by atoms with Crippen LogP contribution in [0.3, 0.4) is 0 Å². The van der Waals surface area contributed by atoms with E-state index in [1.54, 1.807) is 18.1 Å². The molecular formula is C16H36Si. The highest BCUT2D eigenvalue weighted by molar-refractivity contribution is 6.58. The molecule has 0 saturated carbocycles. The summed E-state index contributed by atoms with van der Waals surface area (Å²) in [6.45, 7) is 11.9. The minimum absolute atomic E-state index is 0.408. The van der Waals surface area contributed by atoms with Crippen molar-refractivity contribution in [2.75, 3.05) is 0 Å². The molecule has 1 heteroatoms. The minimum Gasteiger partial charge on any atom is -0.0654 e. The summed E-state index contributed by atoms with van der Waals surface area (Å²) < 4.78 is 0. The highest BCUT2D eigenvalue weighted by Crippen LogP contribution is 2.20. The largest absolute Gasteiger partial charge is 0.0654 e. The van der Waals surface area contributed by atoms with Crippen LogP contribution in [0.2, 0.25) is 18.1 Å². The van der Waals surface area contributed by atoms with Crippen LogP contribution < -0.4 is 0 Å². The fraction of sp³-hybridized carbons (Fsp3) is 1.00. The van der Waals surface area contributed by atoms with Crippen LogP contribution in [0.1, 0.15) is 73.1 Å². The van der Waals surface area contributed by atoms with Crippen molar-refractivity contribution in [2.24, 2.45) is 11.8 Å². The van der Waals surface area contributed by atoms with Crippen molar-refractivity contribution < 1.29 is 0 Å². The summed E-state index contributed by atoms with van der Waals surface area (Å²) in [5.74, 6) is 1.87. The molecule has 0 amide bonds. The normalized spacial score (nSPS) is 12.0. The van der Waals surface area contributed by atoms with E-state index in [2.05, 4.69) is 34.6 Å². The van der Waals surface area contributed by atoms with Gasteiger partial charge in [0.2, 0.25) is 0 Å². The zero-order valence-corrected chi connectivity index (χ0v) is 14.3. The smallest absolute Gasteiger partial charge is 0.0372 e. The molecule has 0 bridgehead atoms. The molecule has 0 fully saturated rings. The molecule has 0 saturated heterocycles. The Morgan fingerprint density at radius 1 is 0.706 bits per heavy atom. The van der Waals surface area contributed by atoms with Crippen molar-refractivity contribution >= 4 is 8.80 Å². The van der Waals surface area contributed by atoms with Crippen LogP contribution in [0.5, 0.6) is 0 Å². The Labute approximate surface area is 112 Å². The van der Waals surface area contributed by atoms with E-state index < -0.39 is 8.80 Å². The predicted molar refractivity (Wildman–Crippen MR) is 84.6 cm³/mol.